The minimum atomic E-state index is -0.206. The molecule has 0 atom stereocenters. The lowest BCUT2D eigenvalue weighted by Crippen LogP contribution is -2.24. The zero-order valence-electron chi connectivity index (χ0n) is 18.7. The summed E-state index contributed by atoms with van der Waals surface area (Å²) in [4.78, 5) is 0. The van der Waals surface area contributed by atoms with Crippen LogP contribution in [0.4, 0.5) is 4.39 Å². The quantitative estimate of drug-likeness (QED) is 0.383. The Bertz CT molecular complexity index is 969. The van der Waals surface area contributed by atoms with Crippen molar-refractivity contribution in [1.82, 2.24) is 5.32 Å². The molecular weight excluding hydrogens is 389 g/mol. The Morgan fingerprint density at radius 3 is 2.23 bits per heavy atom. The summed E-state index contributed by atoms with van der Waals surface area (Å²) in [6.07, 6.45) is 2.15. The van der Waals surface area contributed by atoms with Gasteiger partial charge in [0.05, 0.1) is 6.61 Å². The minimum Gasteiger partial charge on any atom is -0.492 e. The zero-order valence-corrected chi connectivity index (χ0v) is 18.7. The number of ether oxygens (including phenoxy) is 2. The van der Waals surface area contributed by atoms with Crippen molar-refractivity contribution >= 4 is 0 Å². The number of hydrogen-bond donors (Lipinski definition) is 1. The lowest BCUT2D eigenvalue weighted by atomic mass is 9.96. The van der Waals surface area contributed by atoms with E-state index in [0.29, 0.717) is 18.8 Å². The van der Waals surface area contributed by atoms with Crippen molar-refractivity contribution in [3.05, 3.63) is 77.6 Å². The molecule has 3 nitrogen and oxygen atoms in total. The molecule has 164 valence electrons. The van der Waals surface area contributed by atoms with Gasteiger partial charge in [0, 0.05) is 25.8 Å². The second-order valence-electron chi connectivity index (χ2n) is 7.71. The third-order valence-corrected chi connectivity index (χ3v) is 5.31. The normalized spacial score (nSPS) is 11.0. The van der Waals surface area contributed by atoms with E-state index < -0.39 is 0 Å². The number of nitrogens with one attached hydrogen (secondary N) is 1. The molecule has 4 heteroatoms. The van der Waals surface area contributed by atoms with Gasteiger partial charge in [-0.3, -0.25) is 0 Å². The second kappa shape index (κ2) is 11.6. The van der Waals surface area contributed by atoms with E-state index >= 15 is 0 Å². The molecule has 0 aliphatic rings. The molecule has 0 saturated heterocycles. The van der Waals surface area contributed by atoms with Crippen LogP contribution in [0.5, 0.6) is 5.75 Å². The lowest BCUT2D eigenvalue weighted by molar-refractivity contribution is 0.197. The van der Waals surface area contributed by atoms with Crippen LogP contribution in [0.1, 0.15) is 24.5 Å². The van der Waals surface area contributed by atoms with Crippen LogP contribution in [0.15, 0.2) is 60.7 Å². The topological polar surface area (TPSA) is 30.5 Å². The Morgan fingerprint density at radius 1 is 0.839 bits per heavy atom. The SMILES string of the molecule is CCCc1ccc(-c2ccc(-c3ccc(OCCNCCOC)cc3C)cc2F)cc1. The molecule has 0 spiro atoms. The third-order valence-electron chi connectivity index (χ3n) is 5.31. The third kappa shape index (κ3) is 6.39. The van der Waals surface area contributed by atoms with E-state index in [9.17, 15) is 4.39 Å². The molecule has 31 heavy (non-hydrogen) atoms. The first kappa shape index (κ1) is 23.0. The van der Waals surface area contributed by atoms with E-state index in [1.54, 1.807) is 13.2 Å². The summed E-state index contributed by atoms with van der Waals surface area (Å²) in [7, 11) is 1.69. The molecule has 0 bridgehead atoms. The van der Waals surface area contributed by atoms with Gasteiger partial charge >= 0.3 is 0 Å². The van der Waals surface area contributed by atoms with Gasteiger partial charge in [-0.15, -0.1) is 0 Å². The number of methoxy groups -OCH3 is 1. The summed E-state index contributed by atoms with van der Waals surface area (Å²) in [5, 5.41) is 3.25. The van der Waals surface area contributed by atoms with Crippen molar-refractivity contribution in [2.75, 3.05) is 33.4 Å². The van der Waals surface area contributed by atoms with Crippen LogP contribution in [0.25, 0.3) is 22.3 Å². The summed E-state index contributed by atoms with van der Waals surface area (Å²) in [5.41, 5.74) is 5.75. The highest BCUT2D eigenvalue weighted by Crippen LogP contribution is 2.31. The monoisotopic (exact) mass is 421 g/mol. The van der Waals surface area contributed by atoms with Gasteiger partial charge < -0.3 is 14.8 Å². The van der Waals surface area contributed by atoms with E-state index in [4.69, 9.17) is 9.47 Å². The Morgan fingerprint density at radius 2 is 1.55 bits per heavy atom. The molecule has 0 unspecified atom stereocenters. The van der Waals surface area contributed by atoms with Crippen LogP contribution in [0.3, 0.4) is 0 Å². The first-order chi connectivity index (χ1) is 15.1. The summed E-state index contributed by atoms with van der Waals surface area (Å²) < 4.78 is 25.7. The van der Waals surface area contributed by atoms with Crippen LogP contribution in [0, 0.1) is 12.7 Å². The first-order valence-corrected chi connectivity index (χ1v) is 10.9. The van der Waals surface area contributed by atoms with Crippen molar-refractivity contribution in [3.63, 3.8) is 0 Å². The Labute approximate surface area is 185 Å². The van der Waals surface area contributed by atoms with Crippen LogP contribution < -0.4 is 10.1 Å². The van der Waals surface area contributed by atoms with Gasteiger partial charge in [0.15, 0.2) is 0 Å². The first-order valence-electron chi connectivity index (χ1n) is 10.9. The largest absolute Gasteiger partial charge is 0.492 e. The molecule has 0 aliphatic carbocycles. The van der Waals surface area contributed by atoms with Crippen molar-refractivity contribution in [2.24, 2.45) is 0 Å². The van der Waals surface area contributed by atoms with Gasteiger partial charge in [-0.2, -0.15) is 0 Å². The molecule has 0 aromatic heterocycles. The summed E-state index contributed by atoms with van der Waals surface area (Å²) >= 11 is 0. The van der Waals surface area contributed by atoms with E-state index in [1.807, 2.05) is 49.4 Å². The predicted octanol–water partition coefficient (Wildman–Crippen LogP) is 6.04. The highest BCUT2D eigenvalue weighted by atomic mass is 19.1. The van der Waals surface area contributed by atoms with Crippen molar-refractivity contribution in [2.45, 2.75) is 26.7 Å². The van der Waals surface area contributed by atoms with Gasteiger partial charge in [0.1, 0.15) is 18.2 Å². The molecule has 3 aromatic carbocycles. The Kier molecular flexibility index (Phi) is 8.63. The van der Waals surface area contributed by atoms with Crippen LogP contribution in [0.2, 0.25) is 0 Å². The summed E-state index contributed by atoms with van der Waals surface area (Å²) in [6, 6.07) is 19.6. The van der Waals surface area contributed by atoms with E-state index in [1.165, 1.54) is 5.56 Å². The fourth-order valence-electron chi connectivity index (χ4n) is 3.65. The maximum absolute atomic E-state index is 14.9. The molecule has 0 saturated carbocycles. The highest BCUT2D eigenvalue weighted by molar-refractivity contribution is 5.73. The van der Waals surface area contributed by atoms with Crippen LogP contribution in [-0.4, -0.2) is 33.4 Å². The molecule has 0 radical (unpaired) electrons. The molecule has 0 heterocycles. The number of aryl methyl sites for hydroxylation is 2. The number of hydrogen-bond acceptors (Lipinski definition) is 3. The van der Waals surface area contributed by atoms with E-state index in [-0.39, 0.29) is 5.82 Å². The van der Waals surface area contributed by atoms with E-state index in [0.717, 1.165) is 53.9 Å². The van der Waals surface area contributed by atoms with Crippen molar-refractivity contribution in [3.8, 4) is 28.0 Å². The van der Waals surface area contributed by atoms with Crippen LogP contribution in [-0.2, 0) is 11.2 Å². The smallest absolute Gasteiger partial charge is 0.131 e. The zero-order chi connectivity index (χ0) is 22.1. The van der Waals surface area contributed by atoms with E-state index in [2.05, 4.69) is 24.4 Å². The number of benzene rings is 3. The Balaban J connectivity index is 1.67. The molecule has 0 fully saturated rings. The summed E-state index contributed by atoms with van der Waals surface area (Å²) in [6.45, 7) is 7.03. The number of rotatable bonds is 11. The van der Waals surface area contributed by atoms with Gasteiger partial charge in [-0.1, -0.05) is 55.8 Å². The standard InChI is InChI=1S/C27H32FNO2/c1-4-5-21-6-8-22(9-7-21)26-12-10-23(19-27(26)28)25-13-11-24(18-20(25)2)31-17-15-29-14-16-30-3/h6-13,18-19,29H,4-5,14-17H2,1-3H3. The molecule has 1 N–H and O–H groups in total. The van der Waals surface area contributed by atoms with Crippen LogP contribution >= 0.6 is 0 Å². The van der Waals surface area contributed by atoms with Crippen molar-refractivity contribution < 1.29 is 13.9 Å². The summed E-state index contributed by atoms with van der Waals surface area (Å²) in [5.74, 6) is 0.613. The maximum Gasteiger partial charge on any atom is 0.131 e. The lowest BCUT2D eigenvalue weighted by Gasteiger charge is -2.12. The highest BCUT2D eigenvalue weighted by Gasteiger charge is 2.10. The van der Waals surface area contributed by atoms with Gasteiger partial charge in [0.25, 0.3) is 0 Å². The van der Waals surface area contributed by atoms with Gasteiger partial charge in [-0.05, 0) is 59.4 Å². The predicted molar refractivity (Wildman–Crippen MR) is 126 cm³/mol. The molecule has 3 aromatic rings. The Hall–Kier alpha value is -2.69. The number of halogens is 1. The molecule has 0 amide bonds. The fourth-order valence-corrected chi connectivity index (χ4v) is 3.65. The second-order valence-corrected chi connectivity index (χ2v) is 7.71. The van der Waals surface area contributed by atoms with Gasteiger partial charge in [-0.25, -0.2) is 4.39 Å². The van der Waals surface area contributed by atoms with Gasteiger partial charge in [0.2, 0.25) is 0 Å². The maximum atomic E-state index is 14.9. The molecule has 0 aliphatic heterocycles. The van der Waals surface area contributed by atoms with Crippen molar-refractivity contribution in [1.29, 1.82) is 0 Å². The fraction of sp³-hybridized carbons (Fsp3) is 0.333. The average molecular weight is 422 g/mol. The minimum absolute atomic E-state index is 0.206. The average Bonchev–Trinajstić information content (AvgIpc) is 2.77. The molecule has 3 rings (SSSR count). The molecular formula is C27H32FNO2.